The van der Waals surface area contributed by atoms with Crippen molar-refractivity contribution >= 4 is 22.2 Å². The van der Waals surface area contributed by atoms with Crippen LogP contribution in [0.4, 0.5) is 4.39 Å². The number of aromatic amines is 1. The van der Waals surface area contributed by atoms with Crippen molar-refractivity contribution < 1.29 is 9.13 Å². The fourth-order valence-corrected chi connectivity index (χ4v) is 4.04. The van der Waals surface area contributed by atoms with Gasteiger partial charge in [0, 0.05) is 19.2 Å². The summed E-state index contributed by atoms with van der Waals surface area (Å²) >= 11 is 0. The molecule has 1 aromatic carbocycles. The Kier molecular flexibility index (Phi) is 3.97. The summed E-state index contributed by atoms with van der Waals surface area (Å²) in [6.45, 7) is 0. The summed E-state index contributed by atoms with van der Waals surface area (Å²) in [5.74, 6) is -0.0114. The molecule has 28 heavy (non-hydrogen) atoms. The van der Waals surface area contributed by atoms with Crippen molar-refractivity contribution in [3.63, 3.8) is 0 Å². The van der Waals surface area contributed by atoms with Gasteiger partial charge in [0.2, 0.25) is 5.95 Å². The van der Waals surface area contributed by atoms with E-state index in [1.165, 1.54) is 12.1 Å². The molecule has 5 rings (SSSR count). The second-order valence-electron chi connectivity index (χ2n) is 7.12. The van der Waals surface area contributed by atoms with Crippen LogP contribution in [-0.4, -0.2) is 42.3 Å². The van der Waals surface area contributed by atoms with Gasteiger partial charge in [-0.2, -0.15) is 4.98 Å². The lowest BCUT2D eigenvalue weighted by molar-refractivity contribution is 0.0585. The highest BCUT2D eigenvalue weighted by molar-refractivity contribution is 5.77. The topological polar surface area (TPSA) is 90.6 Å². The number of benzene rings is 1. The van der Waals surface area contributed by atoms with Crippen molar-refractivity contribution in [1.82, 2.24) is 29.1 Å². The van der Waals surface area contributed by atoms with Crippen LogP contribution in [0.2, 0.25) is 0 Å². The lowest BCUT2D eigenvalue weighted by atomic mass is 9.93. The van der Waals surface area contributed by atoms with Crippen LogP contribution in [0.1, 0.15) is 31.7 Å². The van der Waals surface area contributed by atoms with E-state index in [1.54, 1.807) is 34.8 Å². The number of methoxy groups -OCH3 is 1. The van der Waals surface area contributed by atoms with Crippen LogP contribution in [-0.2, 0) is 4.74 Å². The molecular formula is C19H19FN6O2. The Labute approximate surface area is 159 Å². The fourth-order valence-electron chi connectivity index (χ4n) is 4.04. The van der Waals surface area contributed by atoms with E-state index in [9.17, 15) is 9.18 Å². The average molecular weight is 382 g/mol. The largest absolute Gasteiger partial charge is 0.381 e. The van der Waals surface area contributed by atoms with Crippen LogP contribution in [0.25, 0.3) is 28.1 Å². The molecule has 3 aromatic heterocycles. The number of halogens is 1. The van der Waals surface area contributed by atoms with E-state index in [2.05, 4.69) is 19.9 Å². The summed E-state index contributed by atoms with van der Waals surface area (Å²) in [6.07, 6.45) is 6.90. The molecule has 0 unspecified atom stereocenters. The van der Waals surface area contributed by atoms with Gasteiger partial charge < -0.3 is 9.72 Å². The molecule has 1 aliphatic carbocycles. The molecule has 1 aliphatic rings. The van der Waals surface area contributed by atoms with E-state index in [1.807, 2.05) is 0 Å². The van der Waals surface area contributed by atoms with Gasteiger partial charge in [-0.1, -0.05) is 0 Å². The monoisotopic (exact) mass is 382 g/mol. The maximum atomic E-state index is 13.7. The number of imidazole rings is 2. The molecule has 0 spiro atoms. The zero-order chi connectivity index (χ0) is 19.3. The lowest BCUT2D eigenvalue weighted by Gasteiger charge is -2.28. The summed E-state index contributed by atoms with van der Waals surface area (Å²) in [7, 11) is 1.72. The second kappa shape index (κ2) is 6.52. The summed E-state index contributed by atoms with van der Waals surface area (Å²) < 4.78 is 22.5. The lowest BCUT2D eigenvalue weighted by Crippen LogP contribution is -2.28. The van der Waals surface area contributed by atoms with Crippen LogP contribution >= 0.6 is 0 Å². The van der Waals surface area contributed by atoms with Gasteiger partial charge in [-0.3, -0.25) is 9.13 Å². The highest BCUT2D eigenvalue weighted by Gasteiger charge is 2.25. The number of aromatic nitrogens is 6. The molecule has 0 amide bonds. The molecule has 9 heteroatoms. The zero-order valence-corrected chi connectivity index (χ0v) is 15.3. The van der Waals surface area contributed by atoms with Gasteiger partial charge in [-0.25, -0.2) is 19.2 Å². The highest BCUT2D eigenvalue weighted by Crippen LogP contribution is 2.30. The first-order valence-corrected chi connectivity index (χ1v) is 9.27. The molecule has 3 heterocycles. The van der Waals surface area contributed by atoms with Gasteiger partial charge in [0.05, 0.1) is 23.3 Å². The third-order valence-electron chi connectivity index (χ3n) is 5.51. The Balaban J connectivity index is 1.61. The van der Waals surface area contributed by atoms with Crippen LogP contribution in [0.5, 0.6) is 0 Å². The van der Waals surface area contributed by atoms with Gasteiger partial charge in [0.1, 0.15) is 17.7 Å². The number of rotatable bonds is 3. The summed E-state index contributed by atoms with van der Waals surface area (Å²) in [6, 6.07) is 4.43. The predicted molar refractivity (Wildman–Crippen MR) is 101 cm³/mol. The quantitative estimate of drug-likeness (QED) is 0.588. The Morgan fingerprint density at radius 2 is 2.04 bits per heavy atom. The highest BCUT2D eigenvalue weighted by atomic mass is 19.1. The minimum atomic E-state index is -0.358. The molecule has 4 aromatic rings. The number of H-pyrrole nitrogens is 1. The predicted octanol–water partition coefficient (Wildman–Crippen LogP) is 2.73. The first-order chi connectivity index (χ1) is 13.6. The van der Waals surface area contributed by atoms with Crippen molar-refractivity contribution in [3.8, 4) is 5.95 Å². The average Bonchev–Trinajstić information content (AvgIpc) is 3.27. The van der Waals surface area contributed by atoms with Gasteiger partial charge >= 0.3 is 5.69 Å². The standard InChI is InChI=1S/C19H19FN6O2/c1-28-13-5-3-12(4-6-13)26-17-15(23-19(26)27)9-21-18(24-17)25-10-22-14-7-2-11(20)8-16(14)25/h2,7-10,12-13H,3-6H2,1H3,(H,23,27). The molecule has 1 N–H and O–H groups in total. The Morgan fingerprint density at radius 3 is 2.82 bits per heavy atom. The van der Waals surface area contributed by atoms with Gasteiger partial charge in [0.25, 0.3) is 0 Å². The van der Waals surface area contributed by atoms with E-state index < -0.39 is 0 Å². The molecule has 0 bridgehead atoms. The number of fused-ring (bicyclic) bond motifs is 2. The minimum absolute atomic E-state index is 0.0624. The molecule has 0 atom stereocenters. The van der Waals surface area contributed by atoms with Crippen LogP contribution < -0.4 is 5.69 Å². The van der Waals surface area contributed by atoms with Crippen molar-refractivity contribution in [3.05, 3.63) is 47.0 Å². The van der Waals surface area contributed by atoms with Crippen molar-refractivity contribution in [2.75, 3.05) is 7.11 Å². The maximum absolute atomic E-state index is 13.7. The van der Waals surface area contributed by atoms with E-state index >= 15 is 0 Å². The smallest absolute Gasteiger partial charge is 0.327 e. The minimum Gasteiger partial charge on any atom is -0.381 e. The van der Waals surface area contributed by atoms with Gasteiger partial charge in [-0.05, 0) is 37.8 Å². The molecule has 144 valence electrons. The van der Waals surface area contributed by atoms with Crippen LogP contribution in [0.15, 0.2) is 35.5 Å². The number of hydrogen-bond acceptors (Lipinski definition) is 5. The van der Waals surface area contributed by atoms with E-state index in [0.717, 1.165) is 25.7 Å². The van der Waals surface area contributed by atoms with E-state index in [4.69, 9.17) is 4.74 Å². The van der Waals surface area contributed by atoms with Crippen molar-refractivity contribution in [1.29, 1.82) is 0 Å². The molecule has 1 fully saturated rings. The normalized spacial score (nSPS) is 20.2. The van der Waals surface area contributed by atoms with Crippen LogP contribution in [0.3, 0.4) is 0 Å². The maximum Gasteiger partial charge on any atom is 0.327 e. The first-order valence-electron chi connectivity index (χ1n) is 9.27. The Hall–Kier alpha value is -3.07. The number of nitrogens with zero attached hydrogens (tertiary/aromatic N) is 5. The third-order valence-corrected chi connectivity index (χ3v) is 5.51. The Morgan fingerprint density at radius 1 is 1.21 bits per heavy atom. The zero-order valence-electron chi connectivity index (χ0n) is 15.3. The van der Waals surface area contributed by atoms with Gasteiger partial charge in [-0.15, -0.1) is 0 Å². The van der Waals surface area contributed by atoms with E-state index in [0.29, 0.717) is 28.1 Å². The summed E-state index contributed by atoms with van der Waals surface area (Å²) in [5.41, 5.74) is 2.16. The number of hydrogen-bond donors (Lipinski definition) is 1. The molecule has 0 aliphatic heterocycles. The van der Waals surface area contributed by atoms with E-state index in [-0.39, 0.29) is 23.7 Å². The third kappa shape index (κ3) is 2.70. The molecule has 0 saturated heterocycles. The Bertz CT molecular complexity index is 1220. The molecule has 8 nitrogen and oxygen atoms in total. The first kappa shape index (κ1) is 17.1. The molecule has 1 saturated carbocycles. The SMILES string of the molecule is COC1CCC(n2c(=O)[nH]c3cnc(-n4cnc5ccc(F)cc54)nc32)CC1. The molecule has 0 radical (unpaired) electrons. The number of ether oxygens (including phenoxy) is 1. The van der Waals surface area contributed by atoms with Crippen LogP contribution in [0, 0.1) is 5.82 Å². The van der Waals surface area contributed by atoms with Crippen molar-refractivity contribution in [2.24, 2.45) is 0 Å². The summed E-state index contributed by atoms with van der Waals surface area (Å²) in [4.78, 5) is 28.7. The van der Waals surface area contributed by atoms with Gasteiger partial charge in [0.15, 0.2) is 5.65 Å². The fraction of sp³-hybridized carbons (Fsp3) is 0.368. The molecular weight excluding hydrogens is 363 g/mol. The number of nitrogens with one attached hydrogen (secondary N) is 1. The summed E-state index contributed by atoms with van der Waals surface area (Å²) in [5, 5.41) is 0. The second-order valence-corrected chi connectivity index (χ2v) is 7.12. The van der Waals surface area contributed by atoms with Crippen molar-refractivity contribution in [2.45, 2.75) is 37.8 Å².